The number of ether oxygens (including phenoxy) is 1. The molecule has 0 aromatic carbocycles. The number of amides is 1. The van der Waals surface area contributed by atoms with E-state index in [2.05, 4.69) is 10.4 Å². The first-order valence-corrected chi connectivity index (χ1v) is 8.21. The molecule has 3 rings (SSSR count). The number of carbonyl (C=O) groups is 1. The zero-order chi connectivity index (χ0) is 14.2. The lowest BCUT2D eigenvalue weighted by Gasteiger charge is -2.28. The van der Waals surface area contributed by atoms with Gasteiger partial charge in [-0.1, -0.05) is 6.42 Å². The standard InChI is InChI=1S/C15H22N2O2S/c1-11-16-14(8-20-11)7-19-10-15-5-3-4-13(15)6-17(9-15)12(2)18/h8,13H,3-7,9-10H2,1-2H3/t13-,15+/m1/s1. The van der Waals surface area contributed by atoms with Crippen molar-refractivity contribution in [2.45, 2.75) is 39.7 Å². The van der Waals surface area contributed by atoms with E-state index in [4.69, 9.17) is 4.74 Å². The summed E-state index contributed by atoms with van der Waals surface area (Å²) in [6.45, 7) is 6.85. The number of carbonyl (C=O) groups excluding carboxylic acids is 1. The first-order valence-electron chi connectivity index (χ1n) is 7.33. The molecule has 0 spiro atoms. The van der Waals surface area contributed by atoms with Gasteiger partial charge in [0.2, 0.25) is 5.91 Å². The van der Waals surface area contributed by atoms with Crippen LogP contribution in [0.1, 0.15) is 36.9 Å². The average Bonchev–Trinajstić information content (AvgIpc) is 3.03. The molecule has 5 heteroatoms. The predicted molar refractivity (Wildman–Crippen MR) is 78.5 cm³/mol. The molecule has 1 saturated carbocycles. The van der Waals surface area contributed by atoms with Gasteiger partial charge in [0.25, 0.3) is 0 Å². The summed E-state index contributed by atoms with van der Waals surface area (Å²) in [6, 6.07) is 0. The van der Waals surface area contributed by atoms with Gasteiger partial charge in [-0.3, -0.25) is 4.79 Å². The highest BCUT2D eigenvalue weighted by Gasteiger charge is 2.50. The Bertz CT molecular complexity index is 502. The fourth-order valence-corrected chi connectivity index (χ4v) is 4.32. The molecule has 0 radical (unpaired) electrons. The average molecular weight is 294 g/mol. The molecule has 0 N–H and O–H groups in total. The minimum absolute atomic E-state index is 0.203. The maximum atomic E-state index is 11.6. The van der Waals surface area contributed by atoms with Gasteiger partial charge in [-0.25, -0.2) is 4.98 Å². The highest BCUT2D eigenvalue weighted by Crippen LogP contribution is 2.48. The number of hydrogen-bond donors (Lipinski definition) is 0. The molecule has 1 saturated heterocycles. The van der Waals surface area contributed by atoms with Crippen LogP contribution in [0.3, 0.4) is 0 Å². The van der Waals surface area contributed by atoms with Crippen LogP contribution in [-0.2, 0) is 16.1 Å². The van der Waals surface area contributed by atoms with Crippen molar-refractivity contribution in [3.05, 3.63) is 16.1 Å². The fourth-order valence-electron chi connectivity index (χ4n) is 3.72. The smallest absolute Gasteiger partial charge is 0.219 e. The van der Waals surface area contributed by atoms with Crippen molar-refractivity contribution in [1.29, 1.82) is 0 Å². The summed E-state index contributed by atoms with van der Waals surface area (Å²) in [5, 5.41) is 3.15. The summed E-state index contributed by atoms with van der Waals surface area (Å²) in [7, 11) is 0. The summed E-state index contributed by atoms with van der Waals surface area (Å²) in [6.07, 6.45) is 3.70. The van der Waals surface area contributed by atoms with Crippen LogP contribution in [-0.4, -0.2) is 35.5 Å². The molecule has 2 heterocycles. The molecule has 4 nitrogen and oxygen atoms in total. The third kappa shape index (κ3) is 2.61. The lowest BCUT2D eigenvalue weighted by Crippen LogP contribution is -2.33. The van der Waals surface area contributed by atoms with Crippen LogP contribution >= 0.6 is 11.3 Å². The largest absolute Gasteiger partial charge is 0.374 e. The van der Waals surface area contributed by atoms with E-state index >= 15 is 0 Å². The lowest BCUT2D eigenvalue weighted by atomic mass is 9.81. The third-order valence-electron chi connectivity index (χ3n) is 4.79. The Morgan fingerprint density at radius 2 is 2.50 bits per heavy atom. The minimum atomic E-state index is 0.203. The van der Waals surface area contributed by atoms with Gasteiger partial charge in [-0.15, -0.1) is 11.3 Å². The van der Waals surface area contributed by atoms with Crippen molar-refractivity contribution in [1.82, 2.24) is 9.88 Å². The Balaban J connectivity index is 1.59. The van der Waals surface area contributed by atoms with E-state index in [9.17, 15) is 4.79 Å². The van der Waals surface area contributed by atoms with Crippen molar-refractivity contribution in [3.63, 3.8) is 0 Å². The fraction of sp³-hybridized carbons (Fsp3) is 0.733. The molecule has 20 heavy (non-hydrogen) atoms. The van der Waals surface area contributed by atoms with Gasteiger partial charge in [0.05, 0.1) is 23.9 Å². The first kappa shape index (κ1) is 14.0. The lowest BCUT2D eigenvalue weighted by molar-refractivity contribution is -0.128. The number of thiazole rings is 1. The van der Waals surface area contributed by atoms with Crippen molar-refractivity contribution in [2.24, 2.45) is 11.3 Å². The van der Waals surface area contributed by atoms with Crippen molar-refractivity contribution in [3.8, 4) is 0 Å². The monoisotopic (exact) mass is 294 g/mol. The highest BCUT2D eigenvalue weighted by molar-refractivity contribution is 7.09. The predicted octanol–water partition coefficient (Wildman–Crippen LogP) is 2.62. The van der Waals surface area contributed by atoms with Crippen LogP contribution in [0.15, 0.2) is 5.38 Å². The Kier molecular flexibility index (Phi) is 3.82. The van der Waals surface area contributed by atoms with Crippen molar-refractivity contribution < 1.29 is 9.53 Å². The Morgan fingerprint density at radius 1 is 1.65 bits per heavy atom. The molecule has 1 aliphatic carbocycles. The van der Waals surface area contributed by atoms with E-state index in [1.807, 2.05) is 11.8 Å². The number of aryl methyl sites for hydroxylation is 1. The van der Waals surface area contributed by atoms with Gasteiger partial charge in [-0.05, 0) is 25.7 Å². The van der Waals surface area contributed by atoms with Gasteiger partial charge in [0.1, 0.15) is 0 Å². The topological polar surface area (TPSA) is 42.4 Å². The molecule has 2 aliphatic rings. The van der Waals surface area contributed by atoms with E-state index in [0.717, 1.165) is 30.4 Å². The number of aromatic nitrogens is 1. The quantitative estimate of drug-likeness (QED) is 0.857. The molecule has 2 fully saturated rings. The summed E-state index contributed by atoms with van der Waals surface area (Å²) < 4.78 is 5.96. The van der Waals surface area contributed by atoms with Gasteiger partial charge in [0, 0.05) is 30.8 Å². The van der Waals surface area contributed by atoms with E-state index < -0.39 is 0 Å². The van der Waals surface area contributed by atoms with E-state index in [-0.39, 0.29) is 11.3 Å². The molecule has 1 aliphatic heterocycles. The Hall–Kier alpha value is -0.940. The van der Waals surface area contributed by atoms with Crippen molar-refractivity contribution >= 4 is 17.2 Å². The number of fused-ring (bicyclic) bond motifs is 1. The highest BCUT2D eigenvalue weighted by atomic mass is 32.1. The Morgan fingerprint density at radius 3 is 3.20 bits per heavy atom. The molecule has 0 bridgehead atoms. The molecule has 1 aromatic heterocycles. The maximum absolute atomic E-state index is 11.6. The molecule has 1 aromatic rings. The van der Waals surface area contributed by atoms with Crippen molar-refractivity contribution in [2.75, 3.05) is 19.7 Å². The molecular weight excluding hydrogens is 272 g/mol. The number of rotatable bonds is 4. The number of nitrogens with zero attached hydrogens (tertiary/aromatic N) is 2. The van der Waals surface area contributed by atoms with Gasteiger partial charge in [0.15, 0.2) is 0 Å². The number of likely N-dealkylation sites (tertiary alicyclic amines) is 1. The van der Waals surface area contributed by atoms with E-state index in [0.29, 0.717) is 12.5 Å². The van der Waals surface area contributed by atoms with Gasteiger partial charge in [-0.2, -0.15) is 0 Å². The summed E-state index contributed by atoms with van der Waals surface area (Å²) in [4.78, 5) is 18.0. The summed E-state index contributed by atoms with van der Waals surface area (Å²) in [5.41, 5.74) is 1.23. The molecular formula is C15H22N2O2S. The van der Waals surface area contributed by atoms with Crippen LogP contribution in [0.2, 0.25) is 0 Å². The second-order valence-corrected chi connectivity index (χ2v) is 7.26. The van der Waals surface area contributed by atoms with Gasteiger partial charge < -0.3 is 9.64 Å². The third-order valence-corrected chi connectivity index (χ3v) is 5.61. The SMILES string of the molecule is CC(=O)N1C[C@H]2CCC[C@@]2(COCc2csc(C)n2)C1. The second kappa shape index (κ2) is 5.45. The molecule has 2 atom stereocenters. The zero-order valence-electron chi connectivity index (χ0n) is 12.2. The normalized spacial score (nSPS) is 28.9. The number of hydrogen-bond acceptors (Lipinski definition) is 4. The van der Waals surface area contributed by atoms with Crippen LogP contribution in [0.25, 0.3) is 0 Å². The Labute approximate surface area is 124 Å². The zero-order valence-corrected chi connectivity index (χ0v) is 13.0. The summed E-state index contributed by atoms with van der Waals surface area (Å²) >= 11 is 1.67. The van der Waals surface area contributed by atoms with Crippen LogP contribution < -0.4 is 0 Å². The summed E-state index contributed by atoms with van der Waals surface area (Å²) in [5.74, 6) is 0.831. The first-order chi connectivity index (χ1) is 9.59. The van der Waals surface area contributed by atoms with Crippen LogP contribution in [0, 0.1) is 18.3 Å². The minimum Gasteiger partial charge on any atom is -0.374 e. The molecule has 110 valence electrons. The van der Waals surface area contributed by atoms with E-state index in [1.54, 1.807) is 18.3 Å². The van der Waals surface area contributed by atoms with Gasteiger partial charge >= 0.3 is 0 Å². The molecule has 0 unspecified atom stereocenters. The van der Waals surface area contributed by atoms with Crippen LogP contribution in [0.5, 0.6) is 0 Å². The van der Waals surface area contributed by atoms with E-state index in [1.165, 1.54) is 19.3 Å². The molecule has 1 amide bonds. The van der Waals surface area contributed by atoms with Crippen LogP contribution in [0.4, 0.5) is 0 Å². The maximum Gasteiger partial charge on any atom is 0.219 e. The second-order valence-electron chi connectivity index (χ2n) is 6.20.